The molecule has 0 aliphatic heterocycles. The highest BCUT2D eigenvalue weighted by Crippen LogP contribution is 2.35. The van der Waals surface area contributed by atoms with Crippen LogP contribution in [0.3, 0.4) is 0 Å². The average Bonchev–Trinajstić information content (AvgIpc) is 2.82. The molecule has 2 rings (SSSR count). The highest BCUT2D eigenvalue weighted by molar-refractivity contribution is 8.32. The molecule has 0 saturated carbocycles. The minimum atomic E-state index is -0.829. The van der Waals surface area contributed by atoms with Gasteiger partial charge in [0.15, 0.2) is 0 Å². The standard InChI is InChI=1S/C17H25FN2O3S/c1-12-13-9-17(5-6-21,10-14(13)15(18)11-19-12)20-16(22)23-7-8-24(2,3)4/h6,11H,5,7-10H2,1-4H3,(H,20,22). The molecule has 24 heavy (non-hydrogen) atoms. The van der Waals surface area contributed by atoms with E-state index in [0.717, 1.165) is 23.3 Å². The van der Waals surface area contributed by atoms with Crippen molar-refractivity contribution in [3.05, 3.63) is 28.8 Å². The molecule has 1 amide bonds. The van der Waals surface area contributed by atoms with Crippen molar-refractivity contribution < 1.29 is 18.7 Å². The molecule has 0 spiro atoms. The lowest BCUT2D eigenvalue weighted by atomic mass is 9.92. The summed E-state index contributed by atoms with van der Waals surface area (Å²) >= 11 is 0. The van der Waals surface area contributed by atoms with Gasteiger partial charge in [-0.15, -0.1) is 0 Å². The molecule has 0 aromatic carbocycles. The summed E-state index contributed by atoms with van der Waals surface area (Å²) in [5.41, 5.74) is 1.20. The summed E-state index contributed by atoms with van der Waals surface area (Å²) in [4.78, 5) is 27.3. The van der Waals surface area contributed by atoms with E-state index in [1.54, 1.807) is 6.92 Å². The molecule has 0 radical (unpaired) electrons. The summed E-state index contributed by atoms with van der Waals surface area (Å²) in [5, 5.41) is 2.80. The molecule has 1 aliphatic carbocycles. The number of aldehydes is 1. The van der Waals surface area contributed by atoms with Gasteiger partial charge in [0.25, 0.3) is 0 Å². The Labute approximate surface area is 143 Å². The van der Waals surface area contributed by atoms with E-state index in [4.69, 9.17) is 4.74 Å². The molecule has 1 heterocycles. The Balaban J connectivity index is 2.08. The molecule has 1 aromatic heterocycles. The summed E-state index contributed by atoms with van der Waals surface area (Å²) in [7, 11) is -0.746. The summed E-state index contributed by atoms with van der Waals surface area (Å²) in [6.45, 7) is 2.14. The number of aromatic nitrogens is 1. The first kappa shape index (κ1) is 18.7. The van der Waals surface area contributed by atoms with Crippen LogP contribution in [0, 0.1) is 12.7 Å². The number of rotatable bonds is 6. The van der Waals surface area contributed by atoms with Gasteiger partial charge in [-0.05, 0) is 49.7 Å². The quantitative estimate of drug-likeness (QED) is 0.795. The molecule has 5 nitrogen and oxygen atoms in total. The topological polar surface area (TPSA) is 68.3 Å². The van der Waals surface area contributed by atoms with Gasteiger partial charge in [0.05, 0.1) is 11.7 Å². The van der Waals surface area contributed by atoms with Crippen LogP contribution in [-0.2, 0) is 22.4 Å². The zero-order valence-electron chi connectivity index (χ0n) is 14.6. The van der Waals surface area contributed by atoms with Crippen LogP contribution >= 0.6 is 10.0 Å². The van der Waals surface area contributed by atoms with Gasteiger partial charge in [-0.3, -0.25) is 4.98 Å². The van der Waals surface area contributed by atoms with E-state index < -0.39 is 27.5 Å². The molecular weight excluding hydrogens is 331 g/mol. The fourth-order valence-corrected chi connectivity index (χ4v) is 3.50. The number of fused-ring (bicyclic) bond motifs is 1. The first-order valence-corrected chi connectivity index (χ1v) is 10.9. The SMILES string of the molecule is Cc1ncc(F)c2c1CC(CC=O)(NC(=O)OCCS(C)(C)C)C2. The second-order valence-electron chi connectivity index (χ2n) is 7.21. The number of alkyl carbamates (subject to hydrolysis) is 1. The van der Waals surface area contributed by atoms with E-state index in [2.05, 4.69) is 29.1 Å². The first-order valence-electron chi connectivity index (χ1n) is 7.83. The first-order chi connectivity index (χ1) is 11.2. The predicted molar refractivity (Wildman–Crippen MR) is 94.5 cm³/mol. The van der Waals surface area contributed by atoms with Crippen molar-refractivity contribution in [2.75, 3.05) is 31.1 Å². The Kier molecular flexibility index (Phi) is 5.52. The summed E-state index contributed by atoms with van der Waals surface area (Å²) in [6, 6.07) is 0. The Morgan fingerprint density at radius 1 is 1.42 bits per heavy atom. The number of hydrogen-bond donors (Lipinski definition) is 1. The van der Waals surface area contributed by atoms with Crippen molar-refractivity contribution in [2.45, 2.75) is 31.7 Å². The van der Waals surface area contributed by atoms with Crippen LogP contribution in [0.2, 0.25) is 0 Å². The van der Waals surface area contributed by atoms with E-state index in [9.17, 15) is 14.0 Å². The lowest BCUT2D eigenvalue weighted by molar-refractivity contribution is -0.109. The number of carbonyl (C=O) groups is 2. The Morgan fingerprint density at radius 3 is 2.67 bits per heavy atom. The molecule has 0 fully saturated rings. The molecule has 1 aromatic rings. The van der Waals surface area contributed by atoms with Crippen LogP contribution in [-0.4, -0.2) is 54.0 Å². The van der Waals surface area contributed by atoms with Crippen LogP contribution in [0.15, 0.2) is 6.20 Å². The number of nitrogens with zero attached hydrogens (tertiary/aromatic N) is 1. The zero-order chi connectivity index (χ0) is 18.0. The lowest BCUT2D eigenvalue weighted by Crippen LogP contribution is -2.50. The second kappa shape index (κ2) is 7.09. The molecule has 1 atom stereocenters. The Bertz CT molecular complexity index is 612. The van der Waals surface area contributed by atoms with Crippen molar-refractivity contribution in [1.29, 1.82) is 0 Å². The van der Waals surface area contributed by atoms with Gasteiger partial charge in [-0.2, -0.15) is 0 Å². The largest absolute Gasteiger partial charge is 0.449 e. The number of hydrogen-bond acceptors (Lipinski definition) is 4. The maximum absolute atomic E-state index is 14.0. The Hall–Kier alpha value is -1.63. The number of nitrogens with one attached hydrogen (secondary N) is 1. The lowest BCUT2D eigenvalue weighted by Gasteiger charge is -2.29. The number of carbonyl (C=O) groups excluding carboxylic acids is 2. The van der Waals surface area contributed by atoms with E-state index in [1.165, 1.54) is 6.20 Å². The molecule has 0 saturated heterocycles. The van der Waals surface area contributed by atoms with Crippen molar-refractivity contribution >= 4 is 22.4 Å². The van der Waals surface area contributed by atoms with E-state index >= 15 is 0 Å². The highest BCUT2D eigenvalue weighted by atomic mass is 32.3. The normalized spacial score (nSPS) is 20.4. The smallest absolute Gasteiger partial charge is 0.407 e. The summed E-state index contributed by atoms with van der Waals surface area (Å²) in [5.74, 6) is 0.425. The van der Waals surface area contributed by atoms with Crippen LogP contribution < -0.4 is 5.32 Å². The van der Waals surface area contributed by atoms with E-state index in [-0.39, 0.29) is 12.8 Å². The van der Waals surface area contributed by atoms with Gasteiger partial charge in [0.2, 0.25) is 0 Å². The number of halogens is 1. The van der Waals surface area contributed by atoms with Crippen molar-refractivity contribution in [3.63, 3.8) is 0 Å². The molecule has 1 aliphatic rings. The van der Waals surface area contributed by atoms with Gasteiger partial charge in [-0.25, -0.2) is 19.2 Å². The van der Waals surface area contributed by atoms with E-state index in [1.807, 2.05) is 0 Å². The highest BCUT2D eigenvalue weighted by Gasteiger charge is 2.41. The number of pyridine rings is 1. The molecular formula is C17H25FN2O3S. The third-order valence-corrected chi connectivity index (χ3v) is 5.65. The average molecular weight is 356 g/mol. The van der Waals surface area contributed by atoms with Crippen molar-refractivity contribution in [1.82, 2.24) is 10.3 Å². The fraction of sp³-hybridized carbons (Fsp3) is 0.588. The van der Waals surface area contributed by atoms with Crippen LogP contribution in [0.4, 0.5) is 9.18 Å². The van der Waals surface area contributed by atoms with Crippen LogP contribution in [0.5, 0.6) is 0 Å². The third kappa shape index (κ3) is 4.47. The summed E-state index contributed by atoms with van der Waals surface area (Å²) in [6.07, 6.45) is 8.60. The molecule has 134 valence electrons. The van der Waals surface area contributed by atoms with Gasteiger partial charge >= 0.3 is 6.09 Å². The van der Waals surface area contributed by atoms with E-state index in [0.29, 0.717) is 18.6 Å². The molecule has 1 unspecified atom stereocenters. The maximum atomic E-state index is 14.0. The maximum Gasteiger partial charge on any atom is 0.407 e. The van der Waals surface area contributed by atoms with Gasteiger partial charge in [0, 0.05) is 17.9 Å². The van der Waals surface area contributed by atoms with Gasteiger partial charge in [0.1, 0.15) is 18.7 Å². The fourth-order valence-electron chi connectivity index (χ4n) is 2.92. The number of amides is 1. The van der Waals surface area contributed by atoms with Crippen LogP contribution in [0.1, 0.15) is 23.2 Å². The second-order valence-corrected chi connectivity index (χ2v) is 11.8. The minimum Gasteiger partial charge on any atom is -0.449 e. The Morgan fingerprint density at radius 2 is 2.08 bits per heavy atom. The molecule has 1 N–H and O–H groups in total. The molecule has 0 bridgehead atoms. The van der Waals surface area contributed by atoms with Gasteiger partial charge in [-0.1, -0.05) is 0 Å². The predicted octanol–water partition coefficient (Wildman–Crippen LogP) is 2.38. The summed E-state index contributed by atoms with van der Waals surface area (Å²) < 4.78 is 19.3. The molecule has 7 heteroatoms. The van der Waals surface area contributed by atoms with Gasteiger partial charge < -0.3 is 14.8 Å². The number of aryl methyl sites for hydroxylation is 1. The van der Waals surface area contributed by atoms with Crippen molar-refractivity contribution in [2.24, 2.45) is 0 Å². The number of ether oxygens (including phenoxy) is 1. The minimum absolute atomic E-state index is 0.111. The third-order valence-electron chi connectivity index (χ3n) is 4.26. The zero-order valence-corrected chi connectivity index (χ0v) is 15.5. The van der Waals surface area contributed by atoms with Crippen molar-refractivity contribution in [3.8, 4) is 0 Å². The van der Waals surface area contributed by atoms with Crippen LogP contribution in [0.25, 0.3) is 0 Å². The monoisotopic (exact) mass is 356 g/mol.